The zero-order valence-corrected chi connectivity index (χ0v) is 11.2. The van der Waals surface area contributed by atoms with E-state index in [1.807, 2.05) is 24.3 Å². The topological polar surface area (TPSA) is 63.2 Å². The molecule has 1 unspecified atom stereocenters. The molecule has 0 radical (unpaired) electrons. The summed E-state index contributed by atoms with van der Waals surface area (Å²) < 4.78 is 22.2. The van der Waals surface area contributed by atoms with Gasteiger partial charge in [-0.25, -0.2) is 8.42 Å². The lowest BCUT2D eigenvalue weighted by Crippen LogP contribution is -2.33. The number of hydrogen-bond acceptors (Lipinski definition) is 4. The molecule has 1 atom stereocenters. The summed E-state index contributed by atoms with van der Waals surface area (Å²) in [5, 5.41) is 3.20. The first-order valence-electron chi connectivity index (χ1n) is 5.96. The lowest BCUT2D eigenvalue weighted by Gasteiger charge is -2.25. The van der Waals surface area contributed by atoms with E-state index in [-0.39, 0.29) is 23.9 Å². The molecular formula is C13H17NO3S. The molecule has 5 heteroatoms. The van der Waals surface area contributed by atoms with Gasteiger partial charge in [-0.3, -0.25) is 4.79 Å². The summed E-state index contributed by atoms with van der Waals surface area (Å²) in [6, 6.07) is 7.82. The van der Waals surface area contributed by atoms with Crippen molar-refractivity contribution in [2.45, 2.75) is 18.9 Å². The minimum absolute atomic E-state index is 0.0000694. The first-order chi connectivity index (χ1) is 8.47. The van der Waals surface area contributed by atoms with Crippen LogP contribution in [-0.4, -0.2) is 32.8 Å². The molecule has 18 heavy (non-hydrogen) atoms. The number of benzene rings is 1. The molecule has 0 bridgehead atoms. The Hall–Kier alpha value is -1.20. The maximum absolute atomic E-state index is 12.1. The molecule has 1 aliphatic rings. The number of hydrogen-bond donors (Lipinski definition) is 1. The molecular weight excluding hydrogens is 250 g/mol. The Labute approximate surface area is 107 Å². The van der Waals surface area contributed by atoms with Crippen LogP contribution in [0.3, 0.4) is 0 Å². The standard InChI is InChI=1S/C13H17NO3S/c1-18(16,17)7-6-13(15)12-9-14-8-10-4-2-3-5-11(10)12/h2-5,12,14H,6-9H2,1H3. The summed E-state index contributed by atoms with van der Waals surface area (Å²) in [6.07, 6.45) is 1.26. The quantitative estimate of drug-likeness (QED) is 0.879. The highest BCUT2D eigenvalue weighted by molar-refractivity contribution is 7.90. The van der Waals surface area contributed by atoms with E-state index < -0.39 is 9.84 Å². The van der Waals surface area contributed by atoms with Crippen LogP contribution in [0.1, 0.15) is 23.5 Å². The van der Waals surface area contributed by atoms with Gasteiger partial charge in [0.05, 0.1) is 11.7 Å². The summed E-state index contributed by atoms with van der Waals surface area (Å²) in [5.74, 6) is -0.276. The normalized spacial score (nSPS) is 19.3. The van der Waals surface area contributed by atoms with Crippen LogP contribution in [0.5, 0.6) is 0 Å². The molecule has 1 aliphatic heterocycles. The molecule has 1 aromatic carbocycles. The second kappa shape index (κ2) is 5.20. The average molecular weight is 267 g/mol. The van der Waals surface area contributed by atoms with E-state index in [2.05, 4.69) is 5.32 Å². The Kier molecular flexibility index (Phi) is 3.82. The average Bonchev–Trinajstić information content (AvgIpc) is 2.34. The Balaban J connectivity index is 2.13. The van der Waals surface area contributed by atoms with Crippen molar-refractivity contribution in [3.8, 4) is 0 Å². The second-order valence-electron chi connectivity index (χ2n) is 4.73. The van der Waals surface area contributed by atoms with Crippen LogP contribution < -0.4 is 5.32 Å². The molecule has 0 amide bonds. The van der Waals surface area contributed by atoms with Crippen molar-refractivity contribution in [3.63, 3.8) is 0 Å². The van der Waals surface area contributed by atoms with Gasteiger partial charge in [-0.15, -0.1) is 0 Å². The number of carbonyl (C=O) groups excluding carboxylic acids is 1. The Morgan fingerprint density at radius 3 is 2.83 bits per heavy atom. The number of Topliss-reactive ketones (excluding diaryl/α,β-unsaturated/α-hetero) is 1. The smallest absolute Gasteiger partial charge is 0.147 e. The summed E-state index contributed by atoms with van der Waals surface area (Å²) in [4.78, 5) is 12.1. The maximum atomic E-state index is 12.1. The van der Waals surface area contributed by atoms with Gasteiger partial charge in [-0.1, -0.05) is 24.3 Å². The van der Waals surface area contributed by atoms with Crippen LogP contribution in [0.15, 0.2) is 24.3 Å². The lowest BCUT2D eigenvalue weighted by atomic mass is 9.87. The van der Waals surface area contributed by atoms with Crippen LogP contribution in [0.25, 0.3) is 0 Å². The molecule has 1 N–H and O–H groups in total. The first-order valence-corrected chi connectivity index (χ1v) is 8.02. The molecule has 0 saturated heterocycles. The van der Waals surface area contributed by atoms with E-state index in [1.54, 1.807) is 0 Å². The third kappa shape index (κ3) is 3.17. The van der Waals surface area contributed by atoms with Gasteiger partial charge in [-0.2, -0.15) is 0 Å². The summed E-state index contributed by atoms with van der Waals surface area (Å²) in [7, 11) is -3.08. The lowest BCUT2D eigenvalue weighted by molar-refractivity contribution is -0.120. The minimum atomic E-state index is -3.08. The predicted molar refractivity (Wildman–Crippen MR) is 70.2 cm³/mol. The van der Waals surface area contributed by atoms with E-state index in [9.17, 15) is 13.2 Å². The fourth-order valence-corrected chi connectivity index (χ4v) is 2.82. The van der Waals surface area contributed by atoms with E-state index in [0.29, 0.717) is 6.54 Å². The summed E-state index contributed by atoms with van der Waals surface area (Å²) >= 11 is 0. The third-order valence-electron chi connectivity index (χ3n) is 3.20. The molecule has 1 aromatic rings. The van der Waals surface area contributed by atoms with Crippen LogP contribution in [0.2, 0.25) is 0 Å². The molecule has 0 spiro atoms. The van der Waals surface area contributed by atoms with Crippen molar-refractivity contribution in [3.05, 3.63) is 35.4 Å². The fraction of sp³-hybridized carbons (Fsp3) is 0.462. The number of nitrogens with one attached hydrogen (secondary N) is 1. The molecule has 98 valence electrons. The highest BCUT2D eigenvalue weighted by atomic mass is 32.2. The van der Waals surface area contributed by atoms with Gasteiger partial charge < -0.3 is 5.32 Å². The summed E-state index contributed by atoms with van der Waals surface area (Å²) in [5.41, 5.74) is 2.16. The molecule has 0 fully saturated rings. The monoisotopic (exact) mass is 267 g/mol. The fourth-order valence-electron chi connectivity index (χ4n) is 2.24. The minimum Gasteiger partial charge on any atom is -0.312 e. The van der Waals surface area contributed by atoms with E-state index in [0.717, 1.165) is 23.9 Å². The number of fused-ring (bicyclic) bond motifs is 1. The van der Waals surface area contributed by atoms with E-state index >= 15 is 0 Å². The zero-order valence-electron chi connectivity index (χ0n) is 10.3. The molecule has 4 nitrogen and oxygen atoms in total. The number of carbonyl (C=O) groups is 1. The van der Waals surface area contributed by atoms with Crippen molar-refractivity contribution >= 4 is 15.6 Å². The molecule has 0 aliphatic carbocycles. The van der Waals surface area contributed by atoms with Crippen molar-refractivity contribution < 1.29 is 13.2 Å². The maximum Gasteiger partial charge on any atom is 0.147 e. The molecule has 0 aromatic heterocycles. The van der Waals surface area contributed by atoms with E-state index in [1.165, 1.54) is 0 Å². The SMILES string of the molecule is CS(=O)(=O)CCC(=O)C1CNCc2ccccc21. The van der Waals surface area contributed by atoms with E-state index in [4.69, 9.17) is 0 Å². The number of sulfone groups is 1. The highest BCUT2D eigenvalue weighted by Crippen LogP contribution is 2.25. The third-order valence-corrected chi connectivity index (χ3v) is 4.15. The highest BCUT2D eigenvalue weighted by Gasteiger charge is 2.26. The van der Waals surface area contributed by atoms with Crippen LogP contribution in [0, 0.1) is 0 Å². The van der Waals surface area contributed by atoms with Gasteiger partial charge in [0.1, 0.15) is 15.6 Å². The predicted octanol–water partition coefficient (Wildman–Crippen LogP) is 0.877. The molecule has 1 heterocycles. The number of ketones is 1. The van der Waals surface area contributed by atoms with Crippen molar-refractivity contribution in [1.29, 1.82) is 0 Å². The largest absolute Gasteiger partial charge is 0.312 e. The Morgan fingerprint density at radius 2 is 2.11 bits per heavy atom. The van der Waals surface area contributed by atoms with Crippen LogP contribution in [0.4, 0.5) is 0 Å². The van der Waals surface area contributed by atoms with Crippen molar-refractivity contribution in [2.24, 2.45) is 0 Å². The van der Waals surface area contributed by atoms with Gasteiger partial charge in [0.2, 0.25) is 0 Å². The zero-order chi connectivity index (χ0) is 13.2. The molecule has 0 saturated carbocycles. The Morgan fingerprint density at radius 1 is 1.39 bits per heavy atom. The summed E-state index contributed by atoms with van der Waals surface area (Å²) in [6.45, 7) is 1.37. The van der Waals surface area contributed by atoms with Gasteiger partial charge in [0.25, 0.3) is 0 Å². The van der Waals surface area contributed by atoms with Crippen LogP contribution >= 0.6 is 0 Å². The van der Waals surface area contributed by atoms with Gasteiger partial charge in [0.15, 0.2) is 0 Å². The van der Waals surface area contributed by atoms with Gasteiger partial charge >= 0.3 is 0 Å². The first kappa shape index (κ1) is 13.2. The van der Waals surface area contributed by atoms with Gasteiger partial charge in [-0.05, 0) is 11.1 Å². The second-order valence-corrected chi connectivity index (χ2v) is 6.99. The Bertz CT molecular complexity index is 551. The van der Waals surface area contributed by atoms with Crippen molar-refractivity contribution in [1.82, 2.24) is 5.32 Å². The van der Waals surface area contributed by atoms with Gasteiger partial charge in [0, 0.05) is 25.8 Å². The number of rotatable bonds is 4. The van der Waals surface area contributed by atoms with Crippen LogP contribution in [-0.2, 0) is 21.2 Å². The van der Waals surface area contributed by atoms with Crippen molar-refractivity contribution in [2.75, 3.05) is 18.6 Å². The molecule has 2 rings (SSSR count).